The molecular formula is C34H25ClFN3O4. The van der Waals surface area contributed by atoms with Crippen LogP contribution in [0, 0.1) is 5.82 Å². The van der Waals surface area contributed by atoms with Crippen LogP contribution in [-0.2, 0) is 13.0 Å². The summed E-state index contributed by atoms with van der Waals surface area (Å²) in [5.41, 5.74) is 2.56. The van der Waals surface area contributed by atoms with Gasteiger partial charge >= 0.3 is 0 Å². The number of halogens is 2. The Morgan fingerprint density at radius 3 is 2.67 bits per heavy atom. The van der Waals surface area contributed by atoms with E-state index in [4.69, 9.17) is 30.5 Å². The third-order valence-electron chi connectivity index (χ3n) is 6.84. The Morgan fingerprint density at radius 2 is 1.86 bits per heavy atom. The molecule has 0 aliphatic carbocycles. The summed E-state index contributed by atoms with van der Waals surface area (Å²) in [5.74, 6) is 1.13. The summed E-state index contributed by atoms with van der Waals surface area (Å²) in [6.45, 7) is 3.87. The molecule has 0 spiro atoms. The van der Waals surface area contributed by atoms with Crippen LogP contribution in [0.5, 0.6) is 11.5 Å². The van der Waals surface area contributed by atoms with Crippen molar-refractivity contribution in [2.75, 3.05) is 7.11 Å². The van der Waals surface area contributed by atoms with Crippen molar-refractivity contribution in [1.82, 2.24) is 9.66 Å². The fraction of sp³-hybridized carbons (Fsp3) is 0.0882. The molecular weight excluding hydrogens is 569 g/mol. The highest BCUT2D eigenvalue weighted by Crippen LogP contribution is 2.34. The monoisotopic (exact) mass is 593 g/mol. The number of methoxy groups -OCH3 is 1. The van der Waals surface area contributed by atoms with Gasteiger partial charge in [-0.1, -0.05) is 48.0 Å². The molecule has 2 aromatic heterocycles. The van der Waals surface area contributed by atoms with Crippen LogP contribution in [0.25, 0.3) is 33.5 Å². The quantitative estimate of drug-likeness (QED) is 0.126. The van der Waals surface area contributed by atoms with Gasteiger partial charge in [0.25, 0.3) is 5.56 Å². The molecule has 4 aromatic carbocycles. The molecule has 0 bridgehead atoms. The Morgan fingerprint density at radius 1 is 1.05 bits per heavy atom. The molecule has 0 radical (unpaired) electrons. The molecule has 0 atom stereocenters. The topological polar surface area (TPSA) is 78.9 Å². The second-order valence-corrected chi connectivity index (χ2v) is 10.1. The fourth-order valence-corrected chi connectivity index (χ4v) is 4.97. The summed E-state index contributed by atoms with van der Waals surface area (Å²) in [6, 6.07) is 24.1. The van der Waals surface area contributed by atoms with Crippen molar-refractivity contribution < 1.29 is 18.3 Å². The van der Waals surface area contributed by atoms with E-state index in [1.807, 2.05) is 12.1 Å². The first kappa shape index (κ1) is 27.9. The molecule has 0 unspecified atom stereocenters. The van der Waals surface area contributed by atoms with Gasteiger partial charge in [-0.3, -0.25) is 4.79 Å². The smallest absolute Gasteiger partial charge is 0.282 e. The third kappa shape index (κ3) is 5.65. The number of fused-ring (bicyclic) bond motifs is 2. The molecule has 0 saturated heterocycles. The van der Waals surface area contributed by atoms with Crippen molar-refractivity contribution in [2.24, 2.45) is 5.10 Å². The maximum Gasteiger partial charge on any atom is 0.282 e. The normalized spacial score (nSPS) is 11.4. The molecule has 6 rings (SSSR count). The summed E-state index contributed by atoms with van der Waals surface area (Å²) in [7, 11) is 1.52. The molecule has 7 nitrogen and oxygen atoms in total. The van der Waals surface area contributed by atoms with Gasteiger partial charge in [0.2, 0.25) is 5.82 Å². The van der Waals surface area contributed by atoms with Crippen molar-refractivity contribution in [2.45, 2.75) is 13.0 Å². The van der Waals surface area contributed by atoms with Gasteiger partial charge in [-0.25, -0.2) is 9.37 Å². The second-order valence-electron chi connectivity index (χ2n) is 9.69. The van der Waals surface area contributed by atoms with Crippen molar-refractivity contribution >= 4 is 39.7 Å². The number of allylic oxidation sites excluding steroid dienone is 1. The van der Waals surface area contributed by atoms with E-state index in [9.17, 15) is 9.18 Å². The minimum atomic E-state index is -0.363. The zero-order valence-electron chi connectivity index (χ0n) is 23.1. The minimum absolute atomic E-state index is 0.0187. The molecule has 0 N–H and O–H groups in total. The number of ether oxygens (including phenoxy) is 2. The zero-order valence-corrected chi connectivity index (χ0v) is 23.8. The Balaban J connectivity index is 1.43. The Bertz CT molecular complexity index is 2080. The average molecular weight is 594 g/mol. The van der Waals surface area contributed by atoms with E-state index >= 15 is 0 Å². The highest BCUT2D eigenvalue weighted by molar-refractivity contribution is 6.31. The Labute approximate surface area is 251 Å². The summed E-state index contributed by atoms with van der Waals surface area (Å²) in [6.07, 6.45) is 3.72. The largest absolute Gasteiger partial charge is 0.493 e. The van der Waals surface area contributed by atoms with E-state index in [1.165, 1.54) is 24.1 Å². The summed E-state index contributed by atoms with van der Waals surface area (Å²) in [5, 5.41) is 6.30. The molecule has 0 aliphatic heterocycles. The van der Waals surface area contributed by atoms with E-state index in [-0.39, 0.29) is 23.8 Å². The van der Waals surface area contributed by atoms with Crippen LogP contribution in [0.15, 0.2) is 112 Å². The van der Waals surface area contributed by atoms with Crippen LogP contribution in [0.4, 0.5) is 4.39 Å². The highest BCUT2D eigenvalue weighted by Gasteiger charge is 2.18. The summed E-state index contributed by atoms with van der Waals surface area (Å²) < 4.78 is 33.2. The SMILES string of the molecule is C=CCc1cc(C=Nn2c(-c3cc4cc(Cl)ccc4o3)nc3ccccc3c2=O)cc(OC)c1OCc1ccccc1F. The summed E-state index contributed by atoms with van der Waals surface area (Å²) >= 11 is 6.18. The van der Waals surface area contributed by atoms with Crippen LogP contribution in [0.3, 0.4) is 0 Å². The number of nitrogens with zero attached hydrogens (tertiary/aromatic N) is 3. The number of para-hydroxylation sites is 1. The van der Waals surface area contributed by atoms with Crippen LogP contribution >= 0.6 is 11.6 Å². The lowest BCUT2D eigenvalue weighted by Crippen LogP contribution is -2.20. The zero-order chi connectivity index (χ0) is 29.9. The van der Waals surface area contributed by atoms with Gasteiger partial charge in [-0.05, 0) is 66.6 Å². The van der Waals surface area contributed by atoms with Crippen molar-refractivity contribution in [1.29, 1.82) is 0 Å². The number of benzene rings is 4. The van der Waals surface area contributed by atoms with E-state index in [2.05, 4.69) is 11.7 Å². The average Bonchev–Trinajstić information content (AvgIpc) is 3.43. The molecule has 0 aliphatic rings. The van der Waals surface area contributed by atoms with E-state index < -0.39 is 0 Å². The highest BCUT2D eigenvalue weighted by atomic mass is 35.5. The number of rotatable bonds is 9. The van der Waals surface area contributed by atoms with Crippen molar-refractivity contribution in [3.63, 3.8) is 0 Å². The van der Waals surface area contributed by atoms with Gasteiger partial charge in [0.05, 0.1) is 24.2 Å². The van der Waals surface area contributed by atoms with Gasteiger partial charge in [0.15, 0.2) is 17.3 Å². The minimum Gasteiger partial charge on any atom is -0.493 e. The molecule has 0 amide bonds. The molecule has 0 fully saturated rings. The molecule has 214 valence electrons. The van der Waals surface area contributed by atoms with Crippen LogP contribution in [0.2, 0.25) is 5.02 Å². The number of furan rings is 1. The first-order valence-corrected chi connectivity index (χ1v) is 13.8. The predicted molar refractivity (Wildman–Crippen MR) is 167 cm³/mol. The number of hydrogen-bond acceptors (Lipinski definition) is 6. The second kappa shape index (κ2) is 12.0. The maximum absolute atomic E-state index is 14.2. The van der Waals surface area contributed by atoms with Crippen LogP contribution < -0.4 is 15.0 Å². The molecule has 6 aromatic rings. The molecule has 0 saturated carbocycles. The van der Waals surface area contributed by atoms with Crippen LogP contribution in [-0.4, -0.2) is 23.0 Å². The van der Waals surface area contributed by atoms with Crippen LogP contribution in [0.1, 0.15) is 16.7 Å². The van der Waals surface area contributed by atoms with Gasteiger partial charge in [0.1, 0.15) is 18.0 Å². The standard InChI is InChI=1S/C34H25ClFN3O4/c1-3-8-22-15-21(16-30(41-2)32(22)42-20-23-9-4-6-11-27(23)36)19-37-39-33(38-28-12-7-5-10-26(28)34(39)40)31-18-24-17-25(35)13-14-29(24)43-31/h3-7,9-19H,1,8,20H2,2H3. The Kier molecular flexibility index (Phi) is 7.77. The first-order valence-electron chi connectivity index (χ1n) is 13.4. The lowest BCUT2D eigenvalue weighted by atomic mass is 10.1. The van der Waals surface area contributed by atoms with E-state index in [0.717, 1.165) is 10.9 Å². The van der Waals surface area contributed by atoms with Gasteiger partial charge in [-0.2, -0.15) is 9.78 Å². The number of hydrogen-bond donors (Lipinski definition) is 0. The maximum atomic E-state index is 14.2. The lowest BCUT2D eigenvalue weighted by Gasteiger charge is -2.16. The molecule has 2 heterocycles. The van der Waals surface area contributed by atoms with Gasteiger partial charge < -0.3 is 13.9 Å². The molecule has 9 heteroatoms. The Hall–Kier alpha value is -5.21. The van der Waals surface area contributed by atoms with E-state index in [1.54, 1.807) is 72.8 Å². The predicted octanol–water partition coefficient (Wildman–Crippen LogP) is 7.80. The van der Waals surface area contributed by atoms with Gasteiger partial charge in [0, 0.05) is 21.5 Å². The fourth-order valence-electron chi connectivity index (χ4n) is 4.79. The number of aromatic nitrogens is 2. The van der Waals surface area contributed by atoms with Crippen molar-refractivity contribution in [3.8, 4) is 23.1 Å². The van der Waals surface area contributed by atoms with E-state index in [0.29, 0.717) is 56.3 Å². The summed E-state index contributed by atoms with van der Waals surface area (Å²) in [4.78, 5) is 18.4. The lowest BCUT2D eigenvalue weighted by molar-refractivity contribution is 0.277. The van der Waals surface area contributed by atoms with Crippen molar-refractivity contribution in [3.05, 3.63) is 135 Å². The first-order chi connectivity index (χ1) is 20.9. The van der Waals surface area contributed by atoms with Gasteiger partial charge in [-0.15, -0.1) is 6.58 Å². The third-order valence-corrected chi connectivity index (χ3v) is 7.08. The molecule has 43 heavy (non-hydrogen) atoms.